The number of fused-ring (bicyclic) bond motifs is 1. The molecule has 106 valence electrons. The molecular weight excluding hydrogens is 260 g/mol. The molecule has 2 aromatic rings. The molecule has 0 radical (unpaired) electrons. The van der Waals surface area contributed by atoms with Crippen LogP contribution in [0.3, 0.4) is 0 Å². The molecule has 0 saturated heterocycles. The molecule has 0 aliphatic heterocycles. The minimum absolute atomic E-state index is 0.466. The van der Waals surface area contributed by atoms with Crippen LogP contribution in [0.1, 0.15) is 12.6 Å². The highest BCUT2D eigenvalue weighted by Gasteiger charge is 2.05. The lowest BCUT2D eigenvalue weighted by molar-refractivity contribution is 0.198. The fraction of sp³-hybridized carbons (Fsp3) is 0.615. The molecule has 2 rings (SSSR count). The normalized spacial score (nSPS) is 13.2. The standard InChI is InChI=1S/C13H22N4OS/c1-11(9-14-6-8-18-2)15-4-3-12-10-19-13-16-5-7-17(12)13/h5,7,10-11,14-15H,3-4,6,8-9H2,1-2H3. The van der Waals surface area contributed by atoms with Crippen LogP contribution in [0.5, 0.6) is 0 Å². The van der Waals surface area contributed by atoms with Crippen molar-refractivity contribution in [3.05, 3.63) is 23.5 Å². The predicted octanol–water partition coefficient (Wildman–Crippen LogP) is 1.15. The van der Waals surface area contributed by atoms with Gasteiger partial charge in [-0.25, -0.2) is 4.98 Å². The molecule has 0 saturated carbocycles. The van der Waals surface area contributed by atoms with Crippen molar-refractivity contribution in [2.75, 3.05) is 33.4 Å². The highest BCUT2D eigenvalue weighted by atomic mass is 32.1. The molecule has 5 nitrogen and oxygen atoms in total. The van der Waals surface area contributed by atoms with E-state index in [1.807, 2.05) is 12.4 Å². The topological polar surface area (TPSA) is 50.6 Å². The van der Waals surface area contributed by atoms with Crippen LogP contribution in [0.25, 0.3) is 4.96 Å². The number of methoxy groups -OCH3 is 1. The van der Waals surface area contributed by atoms with Gasteiger partial charge in [0.15, 0.2) is 4.96 Å². The third-order valence-electron chi connectivity index (χ3n) is 3.02. The average Bonchev–Trinajstić information content (AvgIpc) is 2.99. The first kappa shape index (κ1) is 14.5. The lowest BCUT2D eigenvalue weighted by Crippen LogP contribution is -2.38. The largest absolute Gasteiger partial charge is 0.383 e. The third kappa shape index (κ3) is 4.28. The molecule has 0 fully saturated rings. The van der Waals surface area contributed by atoms with Gasteiger partial charge in [-0.1, -0.05) is 0 Å². The van der Waals surface area contributed by atoms with Gasteiger partial charge < -0.3 is 15.4 Å². The molecule has 1 atom stereocenters. The monoisotopic (exact) mass is 282 g/mol. The van der Waals surface area contributed by atoms with E-state index in [1.54, 1.807) is 18.4 Å². The summed E-state index contributed by atoms with van der Waals surface area (Å²) in [4.78, 5) is 5.35. The Balaban J connectivity index is 1.65. The van der Waals surface area contributed by atoms with Crippen molar-refractivity contribution in [2.45, 2.75) is 19.4 Å². The first-order valence-electron chi connectivity index (χ1n) is 6.63. The molecule has 1 unspecified atom stereocenters. The van der Waals surface area contributed by atoms with Crippen molar-refractivity contribution < 1.29 is 4.74 Å². The Hall–Kier alpha value is -0.950. The van der Waals surface area contributed by atoms with Crippen molar-refractivity contribution in [3.63, 3.8) is 0 Å². The van der Waals surface area contributed by atoms with E-state index < -0.39 is 0 Å². The second-order valence-electron chi connectivity index (χ2n) is 4.61. The Morgan fingerprint density at radius 3 is 3.21 bits per heavy atom. The fourth-order valence-corrected chi connectivity index (χ4v) is 2.85. The molecule has 0 bridgehead atoms. The van der Waals surface area contributed by atoms with E-state index in [9.17, 15) is 0 Å². The second-order valence-corrected chi connectivity index (χ2v) is 5.45. The summed E-state index contributed by atoms with van der Waals surface area (Å²) >= 11 is 1.70. The van der Waals surface area contributed by atoms with E-state index in [-0.39, 0.29) is 0 Å². The molecule has 2 N–H and O–H groups in total. The molecule has 2 heterocycles. The second kappa shape index (κ2) is 7.59. The summed E-state index contributed by atoms with van der Waals surface area (Å²) in [6.45, 7) is 5.81. The minimum atomic E-state index is 0.466. The van der Waals surface area contributed by atoms with Gasteiger partial charge in [-0.3, -0.25) is 4.40 Å². The Bertz CT molecular complexity index is 482. The Morgan fingerprint density at radius 2 is 2.37 bits per heavy atom. The molecule has 0 spiro atoms. The van der Waals surface area contributed by atoms with Crippen molar-refractivity contribution in [1.82, 2.24) is 20.0 Å². The Kier molecular flexibility index (Phi) is 5.78. The van der Waals surface area contributed by atoms with Gasteiger partial charge in [-0.2, -0.15) is 0 Å². The van der Waals surface area contributed by atoms with Gasteiger partial charge in [0.2, 0.25) is 0 Å². The van der Waals surface area contributed by atoms with Gasteiger partial charge in [0, 0.05) is 62.7 Å². The maximum atomic E-state index is 5.00. The molecule has 0 aliphatic rings. The van der Waals surface area contributed by atoms with E-state index in [2.05, 4.69) is 32.3 Å². The highest BCUT2D eigenvalue weighted by Crippen LogP contribution is 2.14. The molecule has 2 aromatic heterocycles. The lowest BCUT2D eigenvalue weighted by Gasteiger charge is -2.14. The van der Waals surface area contributed by atoms with Crippen molar-refractivity contribution >= 4 is 16.3 Å². The zero-order valence-corrected chi connectivity index (χ0v) is 12.4. The number of nitrogens with zero attached hydrogens (tertiary/aromatic N) is 2. The zero-order chi connectivity index (χ0) is 13.5. The SMILES string of the molecule is COCCNCC(C)NCCc1csc2nccn12. The van der Waals surface area contributed by atoms with Crippen molar-refractivity contribution in [3.8, 4) is 0 Å². The van der Waals surface area contributed by atoms with E-state index >= 15 is 0 Å². The molecule has 6 heteroatoms. The van der Waals surface area contributed by atoms with Gasteiger partial charge >= 0.3 is 0 Å². The van der Waals surface area contributed by atoms with Gasteiger partial charge in [-0.15, -0.1) is 11.3 Å². The first-order valence-corrected chi connectivity index (χ1v) is 7.51. The fourth-order valence-electron chi connectivity index (χ4n) is 1.96. The molecule has 19 heavy (non-hydrogen) atoms. The van der Waals surface area contributed by atoms with Crippen molar-refractivity contribution in [1.29, 1.82) is 0 Å². The van der Waals surface area contributed by atoms with E-state index in [0.717, 1.165) is 37.6 Å². The van der Waals surface area contributed by atoms with Crippen molar-refractivity contribution in [2.24, 2.45) is 0 Å². The van der Waals surface area contributed by atoms with Crippen LogP contribution in [0.15, 0.2) is 17.8 Å². The zero-order valence-electron chi connectivity index (χ0n) is 11.6. The number of hydrogen-bond acceptors (Lipinski definition) is 5. The number of nitrogens with one attached hydrogen (secondary N) is 2. The molecular formula is C13H22N4OS. The maximum absolute atomic E-state index is 5.00. The van der Waals surface area contributed by atoms with Gasteiger partial charge in [-0.05, 0) is 6.92 Å². The smallest absolute Gasteiger partial charge is 0.193 e. The number of ether oxygens (including phenoxy) is 1. The van der Waals surface area contributed by atoms with Crippen LogP contribution in [0, 0.1) is 0 Å². The third-order valence-corrected chi connectivity index (χ3v) is 3.93. The lowest BCUT2D eigenvalue weighted by atomic mass is 10.3. The van der Waals surface area contributed by atoms with E-state index in [1.165, 1.54) is 5.69 Å². The summed E-state index contributed by atoms with van der Waals surface area (Å²) in [5.74, 6) is 0. The first-order chi connectivity index (χ1) is 9.31. The maximum Gasteiger partial charge on any atom is 0.193 e. The van der Waals surface area contributed by atoms with E-state index in [4.69, 9.17) is 4.74 Å². The Morgan fingerprint density at radius 1 is 1.47 bits per heavy atom. The summed E-state index contributed by atoms with van der Waals surface area (Å²) in [7, 11) is 1.72. The quantitative estimate of drug-likeness (QED) is 0.678. The number of rotatable bonds is 9. The summed E-state index contributed by atoms with van der Waals surface area (Å²) < 4.78 is 7.16. The highest BCUT2D eigenvalue weighted by molar-refractivity contribution is 7.15. The number of imidazole rings is 1. The summed E-state index contributed by atoms with van der Waals surface area (Å²) in [5.41, 5.74) is 1.32. The number of hydrogen-bond donors (Lipinski definition) is 2. The van der Waals surface area contributed by atoms with Crippen LogP contribution in [-0.4, -0.2) is 48.8 Å². The summed E-state index contributed by atoms with van der Waals surface area (Å²) in [6.07, 6.45) is 4.90. The molecule has 0 aliphatic carbocycles. The van der Waals surface area contributed by atoms with Crippen LogP contribution in [0.2, 0.25) is 0 Å². The summed E-state index contributed by atoms with van der Waals surface area (Å²) in [5, 5.41) is 9.06. The summed E-state index contributed by atoms with van der Waals surface area (Å²) in [6, 6.07) is 0.466. The van der Waals surface area contributed by atoms with Crippen LogP contribution in [-0.2, 0) is 11.2 Å². The van der Waals surface area contributed by atoms with E-state index in [0.29, 0.717) is 6.04 Å². The van der Waals surface area contributed by atoms with Crippen LogP contribution in [0.4, 0.5) is 0 Å². The Labute approximate surface area is 118 Å². The predicted molar refractivity (Wildman–Crippen MR) is 79.0 cm³/mol. The minimum Gasteiger partial charge on any atom is -0.383 e. The van der Waals surface area contributed by atoms with Crippen LogP contribution < -0.4 is 10.6 Å². The number of aromatic nitrogens is 2. The van der Waals surface area contributed by atoms with Crippen LogP contribution >= 0.6 is 11.3 Å². The molecule has 0 aromatic carbocycles. The van der Waals surface area contributed by atoms with Gasteiger partial charge in [0.05, 0.1) is 6.61 Å². The van der Waals surface area contributed by atoms with Gasteiger partial charge in [0.25, 0.3) is 0 Å². The van der Waals surface area contributed by atoms with Gasteiger partial charge in [0.1, 0.15) is 0 Å². The number of thiazole rings is 1. The average molecular weight is 282 g/mol. The molecule has 0 amide bonds.